The molecule has 3 aromatic rings. The Bertz CT molecular complexity index is 925. The van der Waals surface area contributed by atoms with E-state index in [1.165, 1.54) is 0 Å². The highest BCUT2D eigenvalue weighted by molar-refractivity contribution is 7.10. The molecule has 1 aromatic carbocycles. The van der Waals surface area contributed by atoms with Gasteiger partial charge >= 0.3 is 0 Å². The van der Waals surface area contributed by atoms with Crippen LogP contribution in [0.15, 0.2) is 52.9 Å². The van der Waals surface area contributed by atoms with Crippen molar-refractivity contribution in [3.63, 3.8) is 0 Å². The number of nitrogens with one attached hydrogen (secondary N) is 1. The van der Waals surface area contributed by atoms with Gasteiger partial charge in [0.05, 0.1) is 19.2 Å². The van der Waals surface area contributed by atoms with Crippen molar-refractivity contribution < 1.29 is 9.53 Å². The molecule has 6 heteroatoms. The van der Waals surface area contributed by atoms with Gasteiger partial charge in [0.2, 0.25) is 5.91 Å². The molecule has 1 amide bonds. The minimum Gasteiger partial charge on any atom is -0.494 e. The van der Waals surface area contributed by atoms with Gasteiger partial charge in [-0.05, 0) is 62.5 Å². The van der Waals surface area contributed by atoms with Gasteiger partial charge in [-0.2, -0.15) is 5.10 Å². The maximum atomic E-state index is 11.9. The summed E-state index contributed by atoms with van der Waals surface area (Å²) in [6.45, 7) is 6.72. The lowest BCUT2D eigenvalue weighted by molar-refractivity contribution is -0.120. The predicted octanol–water partition coefficient (Wildman–Crippen LogP) is 4.25. The fourth-order valence-electron chi connectivity index (χ4n) is 2.96. The Hall–Kier alpha value is -2.86. The number of rotatable bonds is 7. The number of hydrogen-bond donors (Lipinski definition) is 1. The summed E-state index contributed by atoms with van der Waals surface area (Å²) in [5, 5.41) is 6.08. The van der Waals surface area contributed by atoms with Gasteiger partial charge in [-0.25, -0.2) is 5.43 Å². The first kappa shape index (κ1) is 18.9. The fraction of sp³-hybridized carbons (Fsp3) is 0.238. The smallest absolute Gasteiger partial charge is 0.245 e. The zero-order valence-electron chi connectivity index (χ0n) is 15.7. The molecule has 0 aliphatic carbocycles. The van der Waals surface area contributed by atoms with Crippen LogP contribution < -0.4 is 10.2 Å². The highest BCUT2D eigenvalue weighted by Crippen LogP contribution is 2.22. The van der Waals surface area contributed by atoms with Gasteiger partial charge < -0.3 is 9.30 Å². The van der Waals surface area contributed by atoms with Crippen molar-refractivity contribution in [2.45, 2.75) is 27.2 Å². The van der Waals surface area contributed by atoms with Crippen LogP contribution >= 0.6 is 11.3 Å². The largest absolute Gasteiger partial charge is 0.494 e. The number of benzene rings is 1. The van der Waals surface area contributed by atoms with Crippen LogP contribution in [0, 0.1) is 13.8 Å². The quantitative estimate of drug-likeness (QED) is 0.491. The molecule has 2 heterocycles. The lowest BCUT2D eigenvalue weighted by Crippen LogP contribution is -2.19. The summed E-state index contributed by atoms with van der Waals surface area (Å²) < 4.78 is 7.66. The monoisotopic (exact) mass is 381 g/mol. The molecule has 0 radical (unpaired) electrons. The van der Waals surface area contributed by atoms with E-state index in [1.54, 1.807) is 17.6 Å². The maximum absolute atomic E-state index is 11.9. The molecule has 0 unspecified atom stereocenters. The van der Waals surface area contributed by atoms with E-state index in [4.69, 9.17) is 4.74 Å². The molecule has 0 atom stereocenters. The highest BCUT2D eigenvalue weighted by Gasteiger charge is 2.10. The number of hydrogen-bond acceptors (Lipinski definition) is 4. The third-order valence-corrected chi connectivity index (χ3v) is 5.06. The van der Waals surface area contributed by atoms with E-state index in [9.17, 15) is 4.79 Å². The van der Waals surface area contributed by atoms with Crippen LogP contribution in [0.2, 0.25) is 0 Å². The van der Waals surface area contributed by atoms with E-state index in [0.29, 0.717) is 13.0 Å². The molecule has 27 heavy (non-hydrogen) atoms. The second-order valence-corrected chi connectivity index (χ2v) is 7.17. The first-order valence-corrected chi connectivity index (χ1v) is 9.73. The molecule has 0 spiro atoms. The number of thiophene rings is 1. The van der Waals surface area contributed by atoms with Gasteiger partial charge in [0, 0.05) is 27.5 Å². The van der Waals surface area contributed by atoms with Gasteiger partial charge in [0.15, 0.2) is 0 Å². The minimum atomic E-state index is -0.117. The average molecular weight is 382 g/mol. The van der Waals surface area contributed by atoms with Crippen LogP contribution in [-0.2, 0) is 11.2 Å². The Kier molecular flexibility index (Phi) is 6.08. The van der Waals surface area contributed by atoms with Crippen molar-refractivity contribution in [1.29, 1.82) is 0 Å². The minimum absolute atomic E-state index is 0.117. The normalized spacial score (nSPS) is 11.1. The third kappa shape index (κ3) is 4.65. The molecule has 5 nitrogen and oxygen atoms in total. The topological polar surface area (TPSA) is 55.6 Å². The lowest BCUT2D eigenvalue weighted by Gasteiger charge is -2.10. The first-order chi connectivity index (χ1) is 13.1. The van der Waals surface area contributed by atoms with Crippen molar-refractivity contribution in [2.24, 2.45) is 5.10 Å². The number of ether oxygens (including phenoxy) is 1. The van der Waals surface area contributed by atoms with Crippen LogP contribution in [0.3, 0.4) is 0 Å². The maximum Gasteiger partial charge on any atom is 0.245 e. The second kappa shape index (κ2) is 8.68. The van der Waals surface area contributed by atoms with E-state index in [1.807, 2.05) is 55.6 Å². The average Bonchev–Trinajstić information content (AvgIpc) is 3.24. The molecule has 0 aliphatic rings. The van der Waals surface area contributed by atoms with Gasteiger partial charge in [-0.3, -0.25) is 4.79 Å². The summed E-state index contributed by atoms with van der Waals surface area (Å²) in [5.74, 6) is 0.743. The number of carbonyl (C=O) groups excluding carboxylic acids is 1. The number of hydrazone groups is 1. The summed E-state index contributed by atoms with van der Waals surface area (Å²) in [5.41, 5.74) is 6.80. The van der Waals surface area contributed by atoms with Crippen molar-refractivity contribution in [2.75, 3.05) is 6.61 Å². The van der Waals surface area contributed by atoms with Crippen molar-refractivity contribution in [3.8, 4) is 11.4 Å². The molecule has 0 aliphatic heterocycles. The third-order valence-electron chi connectivity index (χ3n) is 4.18. The van der Waals surface area contributed by atoms with Crippen molar-refractivity contribution in [3.05, 3.63) is 69.7 Å². The SMILES string of the molecule is CCOc1ccc(-n2c(C)cc(/C=N/NC(=O)Cc3cccs3)c2C)cc1. The number of carbonyl (C=O) groups is 1. The van der Waals surface area contributed by atoms with Crippen molar-refractivity contribution in [1.82, 2.24) is 9.99 Å². The van der Waals surface area contributed by atoms with Gasteiger partial charge in [-0.1, -0.05) is 6.07 Å². The molecule has 1 N–H and O–H groups in total. The molecule has 0 bridgehead atoms. The van der Waals surface area contributed by atoms with Crippen LogP contribution in [0.4, 0.5) is 0 Å². The summed E-state index contributed by atoms with van der Waals surface area (Å²) in [4.78, 5) is 13.0. The van der Waals surface area contributed by atoms with Gasteiger partial charge in [0.25, 0.3) is 0 Å². The first-order valence-electron chi connectivity index (χ1n) is 8.85. The van der Waals surface area contributed by atoms with E-state index in [0.717, 1.165) is 33.3 Å². The van der Waals surface area contributed by atoms with E-state index in [2.05, 4.69) is 28.1 Å². The highest BCUT2D eigenvalue weighted by atomic mass is 32.1. The molecule has 2 aromatic heterocycles. The number of nitrogens with zero attached hydrogens (tertiary/aromatic N) is 2. The summed E-state index contributed by atoms with van der Waals surface area (Å²) in [6, 6.07) is 13.9. The molecule has 0 saturated carbocycles. The van der Waals surface area contributed by atoms with Crippen molar-refractivity contribution >= 4 is 23.5 Å². The number of aryl methyl sites for hydroxylation is 1. The number of aromatic nitrogens is 1. The summed E-state index contributed by atoms with van der Waals surface area (Å²) in [7, 11) is 0. The number of amides is 1. The Labute approximate surface area is 163 Å². The van der Waals surface area contributed by atoms with E-state index in [-0.39, 0.29) is 5.91 Å². The van der Waals surface area contributed by atoms with Crippen LogP contribution in [-0.4, -0.2) is 23.3 Å². The van der Waals surface area contributed by atoms with Gasteiger partial charge in [0.1, 0.15) is 5.75 Å². The standard InChI is InChI=1S/C21H23N3O2S/c1-4-26-19-9-7-18(8-10-19)24-15(2)12-17(16(24)3)14-22-23-21(25)13-20-6-5-11-27-20/h5-12,14H,4,13H2,1-3H3,(H,23,25)/b22-14+. The fourth-order valence-corrected chi connectivity index (χ4v) is 3.66. The van der Waals surface area contributed by atoms with E-state index < -0.39 is 0 Å². The Balaban J connectivity index is 1.70. The van der Waals surface area contributed by atoms with Gasteiger partial charge in [-0.15, -0.1) is 11.3 Å². The lowest BCUT2D eigenvalue weighted by atomic mass is 10.2. The second-order valence-electron chi connectivity index (χ2n) is 6.14. The summed E-state index contributed by atoms with van der Waals surface area (Å²) >= 11 is 1.57. The molecular weight excluding hydrogens is 358 g/mol. The van der Waals surface area contributed by atoms with E-state index >= 15 is 0 Å². The Morgan fingerprint density at radius 3 is 2.70 bits per heavy atom. The molecule has 3 rings (SSSR count). The molecule has 0 fully saturated rings. The zero-order valence-corrected chi connectivity index (χ0v) is 16.5. The van der Waals surface area contributed by atoms with Crippen LogP contribution in [0.1, 0.15) is 28.8 Å². The summed E-state index contributed by atoms with van der Waals surface area (Å²) in [6.07, 6.45) is 2.04. The molecular formula is C21H23N3O2S. The molecule has 0 saturated heterocycles. The van der Waals surface area contributed by atoms with Crippen LogP contribution in [0.25, 0.3) is 5.69 Å². The predicted molar refractivity (Wildman–Crippen MR) is 110 cm³/mol. The Morgan fingerprint density at radius 1 is 1.26 bits per heavy atom. The zero-order chi connectivity index (χ0) is 19.2. The molecule has 140 valence electrons. The van der Waals surface area contributed by atoms with Crippen LogP contribution in [0.5, 0.6) is 5.75 Å². The Morgan fingerprint density at radius 2 is 2.04 bits per heavy atom.